The lowest BCUT2D eigenvalue weighted by atomic mass is 9.95. The van der Waals surface area contributed by atoms with Crippen molar-refractivity contribution in [3.63, 3.8) is 0 Å². The van der Waals surface area contributed by atoms with Gasteiger partial charge in [-0.15, -0.1) is 12.4 Å². The van der Waals surface area contributed by atoms with Gasteiger partial charge in [0.05, 0.1) is 6.61 Å². The van der Waals surface area contributed by atoms with Crippen molar-refractivity contribution in [2.75, 3.05) is 18.5 Å². The number of halogens is 1. The van der Waals surface area contributed by atoms with Crippen LogP contribution in [0, 0.1) is 0 Å². The van der Waals surface area contributed by atoms with E-state index in [9.17, 15) is 4.79 Å². The molecule has 5 nitrogen and oxygen atoms in total. The molecule has 0 bridgehead atoms. The molecule has 0 unspecified atom stereocenters. The van der Waals surface area contributed by atoms with Crippen molar-refractivity contribution in [3.05, 3.63) is 54.1 Å². The van der Waals surface area contributed by atoms with Crippen LogP contribution in [0.4, 0.5) is 5.69 Å². The van der Waals surface area contributed by atoms with Crippen LogP contribution in [0.5, 0.6) is 11.5 Å². The van der Waals surface area contributed by atoms with Crippen molar-refractivity contribution in [1.29, 1.82) is 0 Å². The first-order valence-corrected chi connectivity index (χ1v) is 10.2. The van der Waals surface area contributed by atoms with E-state index in [0.717, 1.165) is 17.8 Å². The Morgan fingerprint density at radius 2 is 1.76 bits per heavy atom. The standard InChI is InChI=1S/C23H30N2O3.ClH/c1-2-27-22-15-18(16-24-19-9-5-3-6-10-19)13-14-21(22)28-17-23(26)25-20-11-7-4-8-12-20;/h4,7-8,11-15,19,24H,2-3,5-6,9-10,16-17H2,1H3,(H,25,26);1H. The number of carbonyl (C=O) groups excluding carboxylic acids is 1. The van der Waals surface area contributed by atoms with Crippen LogP contribution in [0.2, 0.25) is 0 Å². The Morgan fingerprint density at radius 3 is 2.48 bits per heavy atom. The summed E-state index contributed by atoms with van der Waals surface area (Å²) in [6, 6.07) is 15.9. The van der Waals surface area contributed by atoms with E-state index < -0.39 is 0 Å². The molecule has 0 spiro atoms. The molecule has 29 heavy (non-hydrogen) atoms. The van der Waals surface area contributed by atoms with E-state index >= 15 is 0 Å². The topological polar surface area (TPSA) is 59.6 Å². The molecule has 1 aliphatic carbocycles. The number of hydrogen-bond donors (Lipinski definition) is 2. The van der Waals surface area contributed by atoms with E-state index in [4.69, 9.17) is 9.47 Å². The fourth-order valence-electron chi connectivity index (χ4n) is 3.48. The summed E-state index contributed by atoms with van der Waals surface area (Å²) in [6.45, 7) is 3.25. The summed E-state index contributed by atoms with van der Waals surface area (Å²) in [6.07, 6.45) is 6.52. The molecule has 0 radical (unpaired) electrons. The lowest BCUT2D eigenvalue weighted by molar-refractivity contribution is -0.118. The number of anilines is 1. The van der Waals surface area contributed by atoms with Gasteiger partial charge in [-0.2, -0.15) is 0 Å². The average molecular weight is 419 g/mol. The monoisotopic (exact) mass is 418 g/mol. The van der Waals surface area contributed by atoms with Gasteiger partial charge in [0.2, 0.25) is 0 Å². The predicted octanol–water partition coefficient (Wildman–Crippen LogP) is 4.95. The molecule has 6 heteroatoms. The highest BCUT2D eigenvalue weighted by Gasteiger charge is 2.14. The lowest BCUT2D eigenvalue weighted by Crippen LogP contribution is -2.30. The number of amides is 1. The molecule has 0 atom stereocenters. The van der Waals surface area contributed by atoms with Crippen LogP contribution in [-0.2, 0) is 11.3 Å². The molecule has 1 aliphatic rings. The van der Waals surface area contributed by atoms with Crippen LogP contribution in [0.25, 0.3) is 0 Å². The molecular weight excluding hydrogens is 388 g/mol. The maximum atomic E-state index is 12.1. The Balaban J connectivity index is 0.00000300. The summed E-state index contributed by atoms with van der Waals surface area (Å²) in [7, 11) is 0. The van der Waals surface area contributed by atoms with Gasteiger partial charge in [-0.3, -0.25) is 4.79 Å². The Labute approximate surface area is 179 Å². The zero-order chi connectivity index (χ0) is 19.6. The van der Waals surface area contributed by atoms with E-state index in [1.54, 1.807) is 0 Å². The highest BCUT2D eigenvalue weighted by atomic mass is 35.5. The second kappa shape index (κ2) is 12.3. The maximum Gasteiger partial charge on any atom is 0.262 e. The molecule has 0 saturated heterocycles. The predicted molar refractivity (Wildman–Crippen MR) is 119 cm³/mol. The normalized spacial score (nSPS) is 14.0. The average Bonchev–Trinajstić information content (AvgIpc) is 2.73. The molecule has 2 N–H and O–H groups in total. The molecule has 0 aliphatic heterocycles. The second-order valence-corrected chi connectivity index (χ2v) is 7.13. The third kappa shape index (κ3) is 7.59. The summed E-state index contributed by atoms with van der Waals surface area (Å²) in [5.41, 5.74) is 1.92. The summed E-state index contributed by atoms with van der Waals surface area (Å²) in [5, 5.41) is 6.46. The minimum Gasteiger partial charge on any atom is -0.490 e. The number of hydrogen-bond acceptors (Lipinski definition) is 4. The van der Waals surface area contributed by atoms with Crippen molar-refractivity contribution in [3.8, 4) is 11.5 Å². The second-order valence-electron chi connectivity index (χ2n) is 7.13. The minimum absolute atomic E-state index is 0. The van der Waals surface area contributed by atoms with Crippen molar-refractivity contribution >= 4 is 24.0 Å². The molecule has 0 aromatic heterocycles. The number of ether oxygens (including phenoxy) is 2. The van der Waals surface area contributed by atoms with Gasteiger partial charge in [0, 0.05) is 18.3 Å². The van der Waals surface area contributed by atoms with E-state index in [-0.39, 0.29) is 24.9 Å². The lowest BCUT2D eigenvalue weighted by Gasteiger charge is -2.23. The molecule has 158 valence electrons. The first kappa shape index (κ1) is 23.0. The molecule has 1 amide bonds. The van der Waals surface area contributed by atoms with E-state index in [0.29, 0.717) is 24.1 Å². The summed E-state index contributed by atoms with van der Waals surface area (Å²) in [4.78, 5) is 12.1. The minimum atomic E-state index is -0.198. The number of nitrogens with one attached hydrogen (secondary N) is 2. The first-order valence-electron chi connectivity index (χ1n) is 10.2. The van der Waals surface area contributed by atoms with Gasteiger partial charge in [0.25, 0.3) is 5.91 Å². The van der Waals surface area contributed by atoms with Gasteiger partial charge < -0.3 is 20.1 Å². The summed E-state index contributed by atoms with van der Waals surface area (Å²) in [5.74, 6) is 1.07. The highest BCUT2D eigenvalue weighted by Crippen LogP contribution is 2.29. The van der Waals surface area contributed by atoms with E-state index in [1.165, 1.54) is 32.1 Å². The largest absolute Gasteiger partial charge is 0.490 e. The van der Waals surface area contributed by atoms with E-state index in [1.807, 2.05) is 55.5 Å². The third-order valence-corrected chi connectivity index (χ3v) is 4.92. The highest BCUT2D eigenvalue weighted by molar-refractivity contribution is 5.91. The van der Waals surface area contributed by atoms with Crippen LogP contribution in [0.15, 0.2) is 48.5 Å². The summed E-state index contributed by atoms with van der Waals surface area (Å²) < 4.78 is 11.5. The van der Waals surface area contributed by atoms with Crippen LogP contribution in [-0.4, -0.2) is 25.2 Å². The molecule has 2 aromatic rings. The van der Waals surface area contributed by atoms with Crippen LogP contribution in [0.1, 0.15) is 44.6 Å². The number of rotatable bonds is 9. The molecule has 3 rings (SSSR count). The fraction of sp³-hybridized carbons (Fsp3) is 0.435. The van der Waals surface area contributed by atoms with Gasteiger partial charge in [0.15, 0.2) is 18.1 Å². The zero-order valence-electron chi connectivity index (χ0n) is 17.0. The van der Waals surface area contributed by atoms with Crippen molar-refractivity contribution < 1.29 is 14.3 Å². The molecule has 0 heterocycles. The quantitative estimate of drug-likeness (QED) is 0.605. The third-order valence-electron chi connectivity index (χ3n) is 4.92. The Bertz CT molecular complexity index is 749. The van der Waals surface area contributed by atoms with Gasteiger partial charge in [-0.1, -0.05) is 43.5 Å². The van der Waals surface area contributed by atoms with Crippen LogP contribution in [0.3, 0.4) is 0 Å². The van der Waals surface area contributed by atoms with Crippen molar-refractivity contribution in [2.24, 2.45) is 0 Å². The summed E-state index contributed by atoms with van der Waals surface area (Å²) >= 11 is 0. The Kier molecular flexibility index (Phi) is 9.81. The fourth-order valence-corrected chi connectivity index (χ4v) is 3.48. The molecule has 2 aromatic carbocycles. The Morgan fingerprint density at radius 1 is 1.00 bits per heavy atom. The van der Waals surface area contributed by atoms with E-state index in [2.05, 4.69) is 10.6 Å². The molecule has 1 saturated carbocycles. The number of para-hydroxylation sites is 1. The van der Waals surface area contributed by atoms with Crippen LogP contribution < -0.4 is 20.1 Å². The van der Waals surface area contributed by atoms with Crippen LogP contribution >= 0.6 is 12.4 Å². The van der Waals surface area contributed by atoms with Gasteiger partial charge >= 0.3 is 0 Å². The van der Waals surface area contributed by atoms with Gasteiger partial charge in [-0.25, -0.2) is 0 Å². The van der Waals surface area contributed by atoms with Crippen molar-refractivity contribution in [1.82, 2.24) is 5.32 Å². The molecular formula is C23H31ClN2O3. The van der Waals surface area contributed by atoms with Gasteiger partial charge in [0.1, 0.15) is 0 Å². The Hall–Kier alpha value is -2.24. The smallest absolute Gasteiger partial charge is 0.262 e. The number of carbonyl (C=O) groups is 1. The van der Waals surface area contributed by atoms with Crippen molar-refractivity contribution in [2.45, 2.75) is 51.6 Å². The SMILES string of the molecule is CCOc1cc(CNC2CCCCC2)ccc1OCC(=O)Nc1ccccc1.Cl. The van der Waals surface area contributed by atoms with Gasteiger partial charge in [-0.05, 0) is 49.6 Å². The zero-order valence-corrected chi connectivity index (χ0v) is 17.8. The first-order chi connectivity index (χ1) is 13.7. The molecule has 1 fully saturated rings. The maximum absolute atomic E-state index is 12.1. The number of benzene rings is 2.